The Morgan fingerprint density at radius 1 is 1.56 bits per heavy atom. The molecular weight excluding hydrogens is 257 g/mol. The van der Waals surface area contributed by atoms with Crippen molar-refractivity contribution in [2.45, 2.75) is 31.8 Å². The number of nitrogens with zero attached hydrogens (tertiary/aromatic N) is 1. The monoisotopic (exact) mass is 273 g/mol. The number of amides is 1. The van der Waals surface area contributed by atoms with Gasteiger partial charge >= 0.3 is 0 Å². The Kier molecular flexibility index (Phi) is 5.50. The van der Waals surface area contributed by atoms with Gasteiger partial charge in [-0.25, -0.2) is 9.37 Å². The number of piperidine rings is 1. The molecule has 2 atom stereocenters. The van der Waals surface area contributed by atoms with E-state index in [1.54, 1.807) is 0 Å². The number of carbonyl (C=O) groups excluding carboxylic acids is 1. The molecule has 2 rings (SSSR count). The van der Waals surface area contributed by atoms with Gasteiger partial charge in [0.2, 0.25) is 0 Å². The highest BCUT2D eigenvalue weighted by Gasteiger charge is 2.23. The maximum atomic E-state index is 12.7. The van der Waals surface area contributed by atoms with Crippen molar-refractivity contribution in [1.82, 2.24) is 15.6 Å². The normalized spacial score (nSPS) is 23.0. The maximum Gasteiger partial charge on any atom is 0.270 e. The third-order valence-corrected chi connectivity index (χ3v) is 3.04. The van der Waals surface area contributed by atoms with Crippen LogP contribution in [0.1, 0.15) is 30.3 Å². The van der Waals surface area contributed by atoms with Gasteiger partial charge in [0.25, 0.3) is 5.91 Å². The largest absolute Gasteiger partial charge is 0.346 e. The summed E-state index contributed by atoms with van der Waals surface area (Å²) in [5.41, 5.74) is 0.254. The molecule has 2 heterocycles. The van der Waals surface area contributed by atoms with E-state index in [1.165, 1.54) is 12.1 Å². The van der Waals surface area contributed by atoms with E-state index in [0.717, 1.165) is 25.6 Å². The lowest BCUT2D eigenvalue weighted by Gasteiger charge is -2.30. The number of nitrogens with one attached hydrogen (secondary N) is 2. The van der Waals surface area contributed by atoms with E-state index in [1.807, 2.05) is 6.92 Å². The second-order valence-corrected chi connectivity index (χ2v) is 4.33. The molecule has 1 aromatic rings. The van der Waals surface area contributed by atoms with Gasteiger partial charge in [-0.05, 0) is 38.4 Å². The summed E-state index contributed by atoms with van der Waals surface area (Å²) in [6, 6.07) is 3.01. The number of hydrogen-bond acceptors (Lipinski definition) is 3. The lowest BCUT2D eigenvalue weighted by molar-refractivity contribution is 0.0914. The Bertz CT molecular complexity index is 399. The van der Waals surface area contributed by atoms with E-state index in [9.17, 15) is 9.18 Å². The summed E-state index contributed by atoms with van der Waals surface area (Å²) in [4.78, 5) is 15.6. The van der Waals surface area contributed by atoms with Gasteiger partial charge in [-0.2, -0.15) is 0 Å². The lowest BCUT2D eigenvalue weighted by Crippen LogP contribution is -2.52. The molecule has 1 aromatic heterocycles. The van der Waals surface area contributed by atoms with Crippen LogP contribution in [0.15, 0.2) is 18.3 Å². The van der Waals surface area contributed by atoms with Gasteiger partial charge in [-0.3, -0.25) is 4.79 Å². The fourth-order valence-electron chi connectivity index (χ4n) is 1.99. The summed E-state index contributed by atoms with van der Waals surface area (Å²) >= 11 is 0. The zero-order chi connectivity index (χ0) is 12.3. The van der Waals surface area contributed by atoms with Crippen molar-refractivity contribution in [2.24, 2.45) is 0 Å². The average Bonchev–Trinajstić information content (AvgIpc) is 2.33. The number of carbonyl (C=O) groups is 1. The summed E-state index contributed by atoms with van der Waals surface area (Å²) in [5.74, 6) is -0.681. The molecule has 4 nitrogen and oxygen atoms in total. The predicted octanol–water partition coefficient (Wildman–Crippen LogP) is 1.51. The zero-order valence-corrected chi connectivity index (χ0v) is 11.0. The Hall–Kier alpha value is -1.20. The molecule has 1 amide bonds. The highest BCUT2D eigenvalue weighted by Crippen LogP contribution is 2.09. The van der Waals surface area contributed by atoms with Crippen LogP contribution in [0.3, 0.4) is 0 Å². The second kappa shape index (κ2) is 6.66. The highest BCUT2D eigenvalue weighted by atomic mass is 35.5. The fraction of sp³-hybridized carbons (Fsp3) is 0.500. The van der Waals surface area contributed by atoms with E-state index in [-0.39, 0.29) is 36.1 Å². The number of aromatic nitrogens is 1. The molecule has 2 N–H and O–H groups in total. The van der Waals surface area contributed by atoms with Gasteiger partial charge in [0.05, 0.1) is 6.20 Å². The lowest BCUT2D eigenvalue weighted by atomic mass is 10.00. The Morgan fingerprint density at radius 3 is 2.94 bits per heavy atom. The standard InChI is InChI=1S/C12H16FN3O.ClH/c1-8-10(3-2-6-14-8)16-12(17)11-5-4-9(13)7-15-11;/h4-5,7-8,10,14H,2-3,6H2,1H3,(H,16,17);1H. The van der Waals surface area contributed by atoms with Crippen molar-refractivity contribution < 1.29 is 9.18 Å². The van der Waals surface area contributed by atoms with Crippen molar-refractivity contribution in [3.05, 3.63) is 29.8 Å². The van der Waals surface area contributed by atoms with Gasteiger partial charge in [0, 0.05) is 12.1 Å². The van der Waals surface area contributed by atoms with Crippen LogP contribution in [0.25, 0.3) is 0 Å². The number of pyridine rings is 1. The fourth-order valence-corrected chi connectivity index (χ4v) is 1.99. The SMILES string of the molecule is CC1NCCCC1NC(=O)c1ccc(F)cn1.Cl. The molecule has 1 aliphatic rings. The molecule has 100 valence electrons. The molecule has 1 aliphatic heterocycles. The molecule has 2 unspecified atom stereocenters. The summed E-state index contributed by atoms with van der Waals surface area (Å²) in [5, 5.41) is 6.22. The maximum absolute atomic E-state index is 12.7. The summed E-state index contributed by atoms with van der Waals surface area (Å²) < 4.78 is 12.7. The van der Waals surface area contributed by atoms with Crippen LogP contribution in [0.5, 0.6) is 0 Å². The van der Waals surface area contributed by atoms with Crippen LogP contribution < -0.4 is 10.6 Å². The molecule has 1 saturated heterocycles. The first-order valence-corrected chi connectivity index (χ1v) is 5.82. The van der Waals surface area contributed by atoms with Gasteiger partial charge in [0.1, 0.15) is 11.5 Å². The first-order valence-electron chi connectivity index (χ1n) is 5.82. The molecule has 0 bridgehead atoms. The Morgan fingerprint density at radius 2 is 2.33 bits per heavy atom. The quantitative estimate of drug-likeness (QED) is 0.859. The molecule has 0 saturated carbocycles. The molecule has 0 aromatic carbocycles. The van der Waals surface area contributed by atoms with Crippen LogP contribution >= 0.6 is 12.4 Å². The summed E-state index contributed by atoms with van der Waals surface area (Å²) in [7, 11) is 0. The van der Waals surface area contributed by atoms with Crippen LogP contribution in [0.4, 0.5) is 4.39 Å². The van der Waals surface area contributed by atoms with E-state index >= 15 is 0 Å². The smallest absolute Gasteiger partial charge is 0.270 e. The van der Waals surface area contributed by atoms with Crippen LogP contribution in [0, 0.1) is 5.82 Å². The molecule has 0 radical (unpaired) electrons. The van der Waals surface area contributed by atoms with Crippen LogP contribution in [0.2, 0.25) is 0 Å². The molecule has 1 fully saturated rings. The van der Waals surface area contributed by atoms with Crippen molar-refractivity contribution >= 4 is 18.3 Å². The minimum absolute atomic E-state index is 0. The van der Waals surface area contributed by atoms with E-state index in [2.05, 4.69) is 15.6 Å². The number of halogens is 2. The first-order chi connectivity index (χ1) is 8.16. The van der Waals surface area contributed by atoms with E-state index < -0.39 is 5.82 Å². The van der Waals surface area contributed by atoms with Crippen molar-refractivity contribution in [1.29, 1.82) is 0 Å². The van der Waals surface area contributed by atoms with Crippen LogP contribution in [-0.4, -0.2) is 29.5 Å². The van der Waals surface area contributed by atoms with E-state index in [0.29, 0.717) is 0 Å². The highest BCUT2D eigenvalue weighted by molar-refractivity contribution is 5.92. The average molecular weight is 274 g/mol. The Balaban J connectivity index is 0.00000162. The first kappa shape index (κ1) is 14.9. The molecular formula is C12H17ClFN3O. The summed E-state index contributed by atoms with van der Waals surface area (Å²) in [6.07, 6.45) is 3.06. The third-order valence-electron chi connectivity index (χ3n) is 3.04. The van der Waals surface area contributed by atoms with Crippen molar-refractivity contribution in [3.8, 4) is 0 Å². The third kappa shape index (κ3) is 3.65. The molecule has 6 heteroatoms. The number of rotatable bonds is 2. The summed E-state index contributed by atoms with van der Waals surface area (Å²) in [6.45, 7) is 3.03. The minimum atomic E-state index is -0.436. The number of hydrogen-bond donors (Lipinski definition) is 2. The van der Waals surface area contributed by atoms with Gasteiger partial charge in [0.15, 0.2) is 0 Å². The Labute approximate surface area is 112 Å². The van der Waals surface area contributed by atoms with Gasteiger partial charge in [-0.15, -0.1) is 12.4 Å². The molecule has 0 spiro atoms. The minimum Gasteiger partial charge on any atom is -0.346 e. The molecule has 0 aliphatic carbocycles. The molecule has 18 heavy (non-hydrogen) atoms. The van der Waals surface area contributed by atoms with Gasteiger partial charge in [-0.1, -0.05) is 0 Å². The second-order valence-electron chi connectivity index (χ2n) is 4.33. The van der Waals surface area contributed by atoms with E-state index in [4.69, 9.17) is 0 Å². The van der Waals surface area contributed by atoms with Crippen LogP contribution in [-0.2, 0) is 0 Å². The topological polar surface area (TPSA) is 54.0 Å². The predicted molar refractivity (Wildman–Crippen MR) is 69.4 cm³/mol. The van der Waals surface area contributed by atoms with Gasteiger partial charge < -0.3 is 10.6 Å². The zero-order valence-electron chi connectivity index (χ0n) is 10.1. The van der Waals surface area contributed by atoms with Crippen molar-refractivity contribution in [3.63, 3.8) is 0 Å². The van der Waals surface area contributed by atoms with Crippen molar-refractivity contribution in [2.75, 3.05) is 6.54 Å².